The lowest BCUT2D eigenvalue weighted by Crippen LogP contribution is -2.36. The molecule has 0 aliphatic heterocycles. The molecule has 0 N–H and O–H groups in total. The van der Waals surface area contributed by atoms with Gasteiger partial charge in [0.2, 0.25) is 0 Å². The third kappa shape index (κ3) is 1.67. The lowest BCUT2D eigenvalue weighted by Gasteiger charge is -2.13. The molecule has 0 bridgehead atoms. The summed E-state index contributed by atoms with van der Waals surface area (Å²) in [5, 5.41) is 0. The fraction of sp³-hybridized carbons (Fsp3) is 1.00. The fourth-order valence-corrected chi connectivity index (χ4v) is 0. The first-order valence-electron chi connectivity index (χ1n) is 1.48. The highest BCUT2D eigenvalue weighted by Gasteiger charge is 2.51. The molecule has 6 heteroatoms. The lowest BCUT2D eigenvalue weighted by molar-refractivity contribution is -0.242. The Hall–Kier alpha value is -0.285. The first-order valence-corrected chi connectivity index (χ1v) is 1.48. The quantitative estimate of drug-likeness (QED) is 0.342. The Morgan fingerprint density at radius 2 is 1.00 bits per heavy atom. The first-order chi connectivity index (χ1) is 3.25. The maximum absolute atomic E-state index is 10.9. The molecular weight excluding hydrogens is 130 g/mol. The number of alkyl halides is 5. The molecule has 0 unspecified atom stereocenters. The maximum Gasteiger partial charge on any atom is 0.442 e. The largest absolute Gasteiger partial charge is 0.442 e. The van der Waals surface area contributed by atoms with Crippen molar-refractivity contribution in [3.8, 4) is 0 Å². The van der Waals surface area contributed by atoms with Gasteiger partial charge in [0, 0.05) is 0 Å². The molecule has 0 spiro atoms. The second-order valence-electron chi connectivity index (χ2n) is 1.12. The number of hydrogen-bond acceptors (Lipinski definition) is 0. The van der Waals surface area contributed by atoms with Crippen molar-refractivity contribution in [2.75, 3.05) is 0 Å². The molecule has 0 heterocycles. The van der Waals surface area contributed by atoms with E-state index in [9.17, 15) is 22.0 Å². The van der Waals surface area contributed by atoms with Gasteiger partial charge in [0.15, 0.2) is 7.85 Å². The van der Waals surface area contributed by atoms with Crippen molar-refractivity contribution in [3.05, 3.63) is 0 Å². The Bertz CT molecular complexity index is 65.4. The summed E-state index contributed by atoms with van der Waals surface area (Å²) >= 11 is 0. The molecule has 46 valence electrons. The van der Waals surface area contributed by atoms with E-state index < -0.39 is 12.0 Å². The van der Waals surface area contributed by atoms with Crippen LogP contribution in [0.4, 0.5) is 22.0 Å². The third-order valence-electron chi connectivity index (χ3n) is 0.378. The molecule has 0 aliphatic carbocycles. The minimum Gasteiger partial charge on any atom is -0.209 e. The van der Waals surface area contributed by atoms with E-state index in [1.807, 2.05) is 0 Å². The zero-order valence-corrected chi connectivity index (χ0v) is 3.47. The number of rotatable bonds is 0. The normalized spacial score (nSPS) is 14.1. The van der Waals surface area contributed by atoms with Gasteiger partial charge in [-0.2, -0.15) is 13.2 Å². The van der Waals surface area contributed by atoms with Crippen molar-refractivity contribution >= 4 is 7.85 Å². The van der Waals surface area contributed by atoms with E-state index in [4.69, 9.17) is 0 Å². The van der Waals surface area contributed by atoms with Gasteiger partial charge in [0.25, 0.3) is 5.82 Å². The van der Waals surface area contributed by atoms with E-state index in [2.05, 4.69) is 7.85 Å². The monoisotopic (exact) mass is 130 g/mol. The summed E-state index contributed by atoms with van der Waals surface area (Å²) in [6.45, 7) is 0. The molecule has 2 radical (unpaired) electrons. The lowest BCUT2D eigenvalue weighted by atomic mass is 9.99. The van der Waals surface area contributed by atoms with Gasteiger partial charge in [-0.15, -0.1) is 0 Å². The summed E-state index contributed by atoms with van der Waals surface area (Å²) in [5.74, 6) is -5.06. The van der Waals surface area contributed by atoms with Gasteiger partial charge < -0.3 is 0 Å². The molecule has 0 aliphatic rings. The van der Waals surface area contributed by atoms with Gasteiger partial charge in [-0.25, -0.2) is 8.78 Å². The van der Waals surface area contributed by atoms with Crippen LogP contribution in [0.25, 0.3) is 0 Å². The Morgan fingerprint density at radius 1 is 0.875 bits per heavy atom. The van der Waals surface area contributed by atoms with E-state index in [0.29, 0.717) is 0 Å². The zero-order chi connectivity index (χ0) is 7.00. The number of hydrogen-bond donors (Lipinski definition) is 0. The maximum atomic E-state index is 10.9. The van der Waals surface area contributed by atoms with Gasteiger partial charge in [-0.05, 0) is 0 Å². The predicted octanol–water partition coefficient (Wildman–Crippen LogP) is 1.31. The molecule has 0 nitrogen and oxygen atoms in total. The highest BCUT2D eigenvalue weighted by atomic mass is 19.4. The molecule has 0 amide bonds. The summed E-state index contributed by atoms with van der Waals surface area (Å²) in [6.07, 6.45) is -5.62. The van der Waals surface area contributed by atoms with E-state index in [0.717, 1.165) is 0 Å². The summed E-state index contributed by atoms with van der Waals surface area (Å²) in [4.78, 5) is 0. The predicted molar refractivity (Wildman–Crippen MR) is 16.8 cm³/mol. The smallest absolute Gasteiger partial charge is 0.209 e. The molecule has 0 aromatic carbocycles. The highest BCUT2D eigenvalue weighted by Crippen LogP contribution is 2.31. The third-order valence-corrected chi connectivity index (χ3v) is 0.378. The van der Waals surface area contributed by atoms with Gasteiger partial charge >= 0.3 is 6.18 Å². The highest BCUT2D eigenvalue weighted by molar-refractivity contribution is 6.13. The van der Waals surface area contributed by atoms with Crippen molar-refractivity contribution in [2.45, 2.75) is 12.0 Å². The van der Waals surface area contributed by atoms with Crippen molar-refractivity contribution in [3.63, 3.8) is 0 Å². The molecule has 0 saturated heterocycles. The van der Waals surface area contributed by atoms with Crippen molar-refractivity contribution < 1.29 is 22.0 Å². The molecule has 0 atom stereocenters. The Kier molecular flexibility index (Phi) is 1.54. The summed E-state index contributed by atoms with van der Waals surface area (Å²) in [6, 6.07) is 0. The van der Waals surface area contributed by atoms with Crippen LogP contribution in [0, 0.1) is 0 Å². The summed E-state index contributed by atoms with van der Waals surface area (Å²) < 4.78 is 53.8. The molecule has 0 saturated carbocycles. The van der Waals surface area contributed by atoms with E-state index >= 15 is 0 Å². The Balaban J connectivity index is 4.02. The summed E-state index contributed by atoms with van der Waals surface area (Å²) in [5.41, 5.74) is 0. The molecule has 8 heavy (non-hydrogen) atoms. The number of halogens is 5. The minimum absolute atomic E-state index is 3.35. The van der Waals surface area contributed by atoms with Crippen molar-refractivity contribution in [1.29, 1.82) is 0 Å². The Morgan fingerprint density at radius 3 is 1.00 bits per heavy atom. The van der Waals surface area contributed by atoms with Crippen molar-refractivity contribution in [1.82, 2.24) is 0 Å². The van der Waals surface area contributed by atoms with Crippen molar-refractivity contribution in [2.24, 2.45) is 0 Å². The van der Waals surface area contributed by atoms with Crippen LogP contribution in [0.15, 0.2) is 0 Å². The topological polar surface area (TPSA) is 0 Å². The molecule has 0 fully saturated rings. The van der Waals surface area contributed by atoms with E-state index in [1.54, 1.807) is 0 Å². The van der Waals surface area contributed by atoms with Gasteiger partial charge in [-0.3, -0.25) is 0 Å². The average Bonchev–Trinajstić information content (AvgIpc) is 1.25. The van der Waals surface area contributed by atoms with E-state index in [1.165, 1.54) is 0 Å². The average molecular weight is 130 g/mol. The van der Waals surface area contributed by atoms with Crippen LogP contribution in [0.3, 0.4) is 0 Å². The van der Waals surface area contributed by atoms with Crippen LogP contribution in [0.2, 0.25) is 0 Å². The van der Waals surface area contributed by atoms with E-state index in [-0.39, 0.29) is 0 Å². The minimum atomic E-state index is -5.62. The SMILES string of the molecule is [B]C(F)(F)C(F)(F)F. The molecule has 0 aromatic heterocycles. The van der Waals surface area contributed by atoms with Crippen LogP contribution in [-0.4, -0.2) is 19.8 Å². The van der Waals surface area contributed by atoms with Crippen LogP contribution < -0.4 is 0 Å². The fourth-order valence-electron chi connectivity index (χ4n) is 0. The van der Waals surface area contributed by atoms with Gasteiger partial charge in [0.05, 0.1) is 0 Å². The molecule has 0 aromatic rings. The summed E-state index contributed by atoms with van der Waals surface area (Å²) in [7, 11) is 3.35. The second kappa shape index (κ2) is 1.60. The Labute approximate surface area is 43.1 Å². The molecule has 0 rings (SSSR count). The van der Waals surface area contributed by atoms with Gasteiger partial charge in [0.1, 0.15) is 0 Å². The van der Waals surface area contributed by atoms with Crippen LogP contribution >= 0.6 is 0 Å². The standard InChI is InChI=1S/C2BF5/c3-1(4,5)2(6,7)8. The van der Waals surface area contributed by atoms with Crippen LogP contribution in [0.1, 0.15) is 0 Å². The zero-order valence-electron chi connectivity index (χ0n) is 3.47. The van der Waals surface area contributed by atoms with Crippen LogP contribution in [-0.2, 0) is 0 Å². The van der Waals surface area contributed by atoms with Gasteiger partial charge in [-0.1, -0.05) is 0 Å². The molecular formula is C2BF5. The first kappa shape index (κ1) is 7.71. The van der Waals surface area contributed by atoms with Crippen LogP contribution in [0.5, 0.6) is 0 Å². The second-order valence-corrected chi connectivity index (χ2v) is 1.12.